The molecule has 2 unspecified atom stereocenters. The fourth-order valence-corrected chi connectivity index (χ4v) is 2.29. The van der Waals surface area contributed by atoms with E-state index in [9.17, 15) is 0 Å². The Morgan fingerprint density at radius 1 is 1.25 bits per heavy atom. The first-order valence-electron chi connectivity index (χ1n) is 6.38. The van der Waals surface area contributed by atoms with Crippen LogP contribution in [0.1, 0.15) is 25.7 Å². The minimum Gasteiger partial charge on any atom is -0.382 e. The van der Waals surface area contributed by atoms with Gasteiger partial charge >= 0.3 is 0 Å². The predicted octanol–water partition coefficient (Wildman–Crippen LogP) is 0.757. The molecule has 0 spiro atoms. The van der Waals surface area contributed by atoms with E-state index in [1.807, 2.05) is 0 Å². The Hall–Kier alpha value is -0.160. The predicted molar refractivity (Wildman–Crippen MR) is 65.5 cm³/mol. The quantitative estimate of drug-likeness (QED) is 0.574. The second-order valence-electron chi connectivity index (χ2n) is 4.45. The van der Waals surface area contributed by atoms with Crippen molar-refractivity contribution in [2.75, 3.05) is 40.0 Å². The van der Waals surface area contributed by atoms with Gasteiger partial charge in [-0.05, 0) is 38.3 Å². The van der Waals surface area contributed by atoms with Crippen molar-refractivity contribution in [3.63, 3.8) is 0 Å². The van der Waals surface area contributed by atoms with Crippen molar-refractivity contribution in [3.05, 3.63) is 0 Å². The van der Waals surface area contributed by atoms with Gasteiger partial charge in [-0.3, -0.25) is 0 Å². The lowest BCUT2D eigenvalue weighted by Crippen LogP contribution is -2.36. The van der Waals surface area contributed by atoms with Gasteiger partial charge in [0.05, 0.1) is 13.2 Å². The van der Waals surface area contributed by atoms with E-state index in [4.69, 9.17) is 15.2 Å². The zero-order chi connectivity index (χ0) is 11.6. The fourth-order valence-electron chi connectivity index (χ4n) is 2.29. The van der Waals surface area contributed by atoms with Crippen molar-refractivity contribution in [3.8, 4) is 0 Å². The highest BCUT2D eigenvalue weighted by Crippen LogP contribution is 2.24. The van der Waals surface area contributed by atoms with E-state index < -0.39 is 0 Å². The maximum Gasteiger partial charge on any atom is 0.0700 e. The van der Waals surface area contributed by atoms with Crippen molar-refractivity contribution in [2.45, 2.75) is 31.7 Å². The number of hydrogen-bond donors (Lipinski definition) is 2. The van der Waals surface area contributed by atoms with Crippen molar-refractivity contribution in [2.24, 2.45) is 11.7 Å². The van der Waals surface area contributed by atoms with Crippen LogP contribution in [0.4, 0.5) is 0 Å². The molecule has 16 heavy (non-hydrogen) atoms. The Morgan fingerprint density at radius 2 is 2.12 bits per heavy atom. The third-order valence-corrected chi connectivity index (χ3v) is 3.27. The van der Waals surface area contributed by atoms with Crippen LogP contribution in [0.25, 0.3) is 0 Å². The lowest BCUT2D eigenvalue weighted by Gasteiger charge is -2.19. The third kappa shape index (κ3) is 5.25. The fraction of sp³-hybridized carbons (Fsp3) is 1.00. The Balaban J connectivity index is 1.90. The van der Waals surface area contributed by atoms with Gasteiger partial charge in [-0.25, -0.2) is 0 Å². The van der Waals surface area contributed by atoms with Crippen LogP contribution >= 0.6 is 0 Å². The molecular weight excluding hydrogens is 204 g/mol. The third-order valence-electron chi connectivity index (χ3n) is 3.27. The summed E-state index contributed by atoms with van der Waals surface area (Å²) in [4.78, 5) is 0. The summed E-state index contributed by atoms with van der Waals surface area (Å²) in [5.41, 5.74) is 5.73. The molecule has 96 valence electrons. The average molecular weight is 230 g/mol. The van der Waals surface area contributed by atoms with Crippen molar-refractivity contribution >= 4 is 0 Å². The molecule has 3 N–H and O–H groups in total. The first kappa shape index (κ1) is 13.9. The maximum absolute atomic E-state index is 5.73. The standard InChI is InChI=1S/C12H26N2O2/c1-15-8-9-16-7-3-6-14-12-5-2-4-11(12)10-13/h11-12,14H,2-10,13H2,1H3. The molecular formula is C12H26N2O2. The second-order valence-corrected chi connectivity index (χ2v) is 4.45. The van der Waals surface area contributed by atoms with Gasteiger partial charge in [0.2, 0.25) is 0 Å². The first-order chi connectivity index (χ1) is 7.88. The Labute approximate surface area is 98.9 Å². The van der Waals surface area contributed by atoms with E-state index in [-0.39, 0.29) is 0 Å². The van der Waals surface area contributed by atoms with E-state index in [2.05, 4.69) is 5.32 Å². The molecule has 0 amide bonds. The zero-order valence-corrected chi connectivity index (χ0v) is 10.4. The highest BCUT2D eigenvalue weighted by molar-refractivity contribution is 4.83. The molecule has 0 heterocycles. The topological polar surface area (TPSA) is 56.5 Å². The van der Waals surface area contributed by atoms with Crippen molar-refractivity contribution in [1.82, 2.24) is 5.32 Å². The molecule has 1 aliphatic carbocycles. The molecule has 4 heteroatoms. The number of hydrogen-bond acceptors (Lipinski definition) is 4. The number of nitrogens with two attached hydrogens (primary N) is 1. The number of rotatable bonds is 9. The second kappa shape index (κ2) is 8.93. The minimum absolute atomic E-state index is 0.643. The number of ether oxygens (including phenoxy) is 2. The van der Waals surface area contributed by atoms with Gasteiger partial charge in [-0.15, -0.1) is 0 Å². The number of methoxy groups -OCH3 is 1. The molecule has 0 aliphatic heterocycles. The summed E-state index contributed by atoms with van der Waals surface area (Å²) < 4.78 is 10.3. The Bertz CT molecular complexity index is 167. The van der Waals surface area contributed by atoms with E-state index in [1.165, 1.54) is 19.3 Å². The minimum atomic E-state index is 0.643. The molecule has 0 aromatic rings. The molecule has 0 bridgehead atoms. The van der Waals surface area contributed by atoms with E-state index >= 15 is 0 Å². The molecule has 0 radical (unpaired) electrons. The van der Waals surface area contributed by atoms with Crippen LogP contribution in [0.15, 0.2) is 0 Å². The van der Waals surface area contributed by atoms with Gasteiger partial charge in [-0.2, -0.15) is 0 Å². The molecule has 1 fully saturated rings. The summed E-state index contributed by atoms with van der Waals surface area (Å²) >= 11 is 0. The van der Waals surface area contributed by atoms with Crippen LogP contribution in [0.3, 0.4) is 0 Å². The summed E-state index contributed by atoms with van der Waals surface area (Å²) in [7, 11) is 1.69. The molecule has 1 aliphatic rings. The van der Waals surface area contributed by atoms with Crippen LogP contribution in [0.5, 0.6) is 0 Å². The summed E-state index contributed by atoms with van der Waals surface area (Å²) in [5, 5.41) is 3.58. The highest BCUT2D eigenvalue weighted by atomic mass is 16.5. The lowest BCUT2D eigenvalue weighted by atomic mass is 10.0. The van der Waals surface area contributed by atoms with Crippen LogP contribution in [0, 0.1) is 5.92 Å². The molecule has 0 saturated heterocycles. The summed E-state index contributed by atoms with van der Waals surface area (Å²) in [6.07, 6.45) is 4.96. The van der Waals surface area contributed by atoms with Gasteiger partial charge < -0.3 is 20.5 Å². The van der Waals surface area contributed by atoms with Crippen LogP contribution in [-0.2, 0) is 9.47 Å². The van der Waals surface area contributed by atoms with Crippen LogP contribution < -0.4 is 11.1 Å². The summed E-state index contributed by atoms with van der Waals surface area (Å²) in [6, 6.07) is 0.643. The van der Waals surface area contributed by atoms with E-state index in [0.29, 0.717) is 25.2 Å². The van der Waals surface area contributed by atoms with E-state index in [1.54, 1.807) is 7.11 Å². The molecule has 0 aromatic heterocycles. The molecule has 0 aromatic carbocycles. The maximum atomic E-state index is 5.73. The molecule has 1 saturated carbocycles. The molecule has 2 atom stereocenters. The SMILES string of the molecule is COCCOCCCNC1CCCC1CN. The van der Waals surface area contributed by atoms with Gasteiger partial charge in [0.15, 0.2) is 0 Å². The largest absolute Gasteiger partial charge is 0.382 e. The van der Waals surface area contributed by atoms with Crippen LogP contribution in [-0.4, -0.2) is 46.1 Å². The summed E-state index contributed by atoms with van der Waals surface area (Å²) in [5.74, 6) is 0.689. The van der Waals surface area contributed by atoms with Crippen molar-refractivity contribution < 1.29 is 9.47 Å². The molecule has 4 nitrogen and oxygen atoms in total. The normalized spacial score (nSPS) is 25.1. The monoisotopic (exact) mass is 230 g/mol. The van der Waals surface area contributed by atoms with Gasteiger partial charge in [0.1, 0.15) is 0 Å². The lowest BCUT2D eigenvalue weighted by molar-refractivity contribution is 0.0691. The number of nitrogens with one attached hydrogen (secondary N) is 1. The smallest absolute Gasteiger partial charge is 0.0700 e. The zero-order valence-electron chi connectivity index (χ0n) is 10.4. The van der Waals surface area contributed by atoms with Gasteiger partial charge in [-0.1, -0.05) is 6.42 Å². The first-order valence-corrected chi connectivity index (χ1v) is 6.38. The highest BCUT2D eigenvalue weighted by Gasteiger charge is 2.24. The Morgan fingerprint density at radius 3 is 2.88 bits per heavy atom. The van der Waals surface area contributed by atoms with Gasteiger partial charge in [0, 0.05) is 19.8 Å². The van der Waals surface area contributed by atoms with Gasteiger partial charge in [0.25, 0.3) is 0 Å². The Kier molecular flexibility index (Phi) is 7.76. The summed E-state index contributed by atoms with van der Waals surface area (Å²) in [6.45, 7) is 4.06. The molecule has 1 rings (SSSR count). The average Bonchev–Trinajstić information content (AvgIpc) is 2.75. The van der Waals surface area contributed by atoms with Crippen LogP contribution in [0.2, 0.25) is 0 Å². The van der Waals surface area contributed by atoms with E-state index in [0.717, 1.165) is 26.1 Å². The van der Waals surface area contributed by atoms with Crippen molar-refractivity contribution in [1.29, 1.82) is 0 Å².